The minimum Gasteiger partial charge on any atom is -0.393 e. The summed E-state index contributed by atoms with van der Waals surface area (Å²) in [6.45, 7) is 0. The summed E-state index contributed by atoms with van der Waals surface area (Å²) >= 11 is 5.73. The van der Waals surface area contributed by atoms with E-state index in [4.69, 9.17) is 11.6 Å². The maximum Gasteiger partial charge on any atom is 0.144 e. The standard InChI is InChI=1S/C13H16ClFO/c14-11-6-3-5-10(13(11)15)8-9-4-1-2-7-12(9)16/h3,5-6,9,12,16H,1-2,4,7-8H2. The first-order valence-corrected chi connectivity index (χ1v) is 6.17. The minimum absolute atomic E-state index is 0.169. The highest BCUT2D eigenvalue weighted by Crippen LogP contribution is 2.29. The lowest BCUT2D eigenvalue weighted by atomic mass is 9.82. The third kappa shape index (κ3) is 2.55. The van der Waals surface area contributed by atoms with E-state index in [0.717, 1.165) is 25.7 Å². The average molecular weight is 243 g/mol. The predicted molar refractivity (Wildman–Crippen MR) is 63.1 cm³/mol. The van der Waals surface area contributed by atoms with E-state index in [-0.39, 0.29) is 22.9 Å². The molecule has 1 fully saturated rings. The third-order valence-corrected chi connectivity index (χ3v) is 3.67. The third-order valence-electron chi connectivity index (χ3n) is 3.38. The van der Waals surface area contributed by atoms with Crippen molar-refractivity contribution in [2.45, 2.75) is 38.2 Å². The van der Waals surface area contributed by atoms with E-state index in [1.54, 1.807) is 18.2 Å². The second-order valence-electron chi connectivity index (χ2n) is 4.53. The molecule has 0 spiro atoms. The van der Waals surface area contributed by atoms with Crippen molar-refractivity contribution in [3.05, 3.63) is 34.6 Å². The molecule has 1 aliphatic carbocycles. The van der Waals surface area contributed by atoms with Crippen LogP contribution in [0.25, 0.3) is 0 Å². The van der Waals surface area contributed by atoms with Gasteiger partial charge in [0.1, 0.15) is 5.82 Å². The predicted octanol–water partition coefficient (Wildman–Crippen LogP) is 3.57. The van der Waals surface area contributed by atoms with E-state index >= 15 is 0 Å². The fourth-order valence-corrected chi connectivity index (χ4v) is 2.61. The van der Waals surface area contributed by atoms with Crippen LogP contribution in [0.1, 0.15) is 31.2 Å². The zero-order valence-corrected chi connectivity index (χ0v) is 9.88. The van der Waals surface area contributed by atoms with Crippen molar-refractivity contribution < 1.29 is 9.50 Å². The number of rotatable bonds is 2. The Morgan fingerprint density at radius 2 is 2.06 bits per heavy atom. The Labute approximate surface area is 100 Å². The lowest BCUT2D eigenvalue weighted by Gasteiger charge is -2.27. The molecule has 0 amide bonds. The zero-order valence-electron chi connectivity index (χ0n) is 9.13. The van der Waals surface area contributed by atoms with E-state index in [9.17, 15) is 9.50 Å². The lowest BCUT2D eigenvalue weighted by molar-refractivity contribution is 0.0696. The highest BCUT2D eigenvalue weighted by Gasteiger charge is 2.24. The van der Waals surface area contributed by atoms with Crippen LogP contribution >= 0.6 is 11.6 Å². The summed E-state index contributed by atoms with van der Waals surface area (Å²) in [5, 5.41) is 10.0. The smallest absolute Gasteiger partial charge is 0.144 e. The molecule has 16 heavy (non-hydrogen) atoms. The molecule has 1 aromatic rings. The van der Waals surface area contributed by atoms with Crippen LogP contribution < -0.4 is 0 Å². The zero-order chi connectivity index (χ0) is 11.5. The number of aliphatic hydroxyl groups is 1. The molecule has 3 heteroatoms. The average Bonchev–Trinajstić information content (AvgIpc) is 2.28. The molecular formula is C13H16ClFO. The molecule has 1 aliphatic rings. The van der Waals surface area contributed by atoms with E-state index in [0.29, 0.717) is 12.0 Å². The highest BCUT2D eigenvalue weighted by atomic mass is 35.5. The summed E-state index contributed by atoms with van der Waals surface area (Å²) in [6.07, 6.45) is 4.33. The van der Waals surface area contributed by atoms with Crippen molar-refractivity contribution in [3.8, 4) is 0 Å². The molecule has 1 nitrogen and oxygen atoms in total. The van der Waals surface area contributed by atoms with Gasteiger partial charge < -0.3 is 5.11 Å². The maximum atomic E-state index is 13.7. The van der Waals surface area contributed by atoms with Crippen molar-refractivity contribution in [1.82, 2.24) is 0 Å². The van der Waals surface area contributed by atoms with Gasteiger partial charge in [0.2, 0.25) is 0 Å². The summed E-state index contributed by atoms with van der Waals surface area (Å²) in [5.41, 5.74) is 0.624. The number of hydrogen-bond acceptors (Lipinski definition) is 1. The van der Waals surface area contributed by atoms with Crippen LogP contribution in [-0.4, -0.2) is 11.2 Å². The topological polar surface area (TPSA) is 20.2 Å². The van der Waals surface area contributed by atoms with Crippen molar-refractivity contribution in [2.24, 2.45) is 5.92 Å². The largest absolute Gasteiger partial charge is 0.393 e. The van der Waals surface area contributed by atoms with Gasteiger partial charge in [-0.2, -0.15) is 0 Å². The van der Waals surface area contributed by atoms with Crippen LogP contribution in [-0.2, 0) is 6.42 Å². The summed E-state index contributed by atoms with van der Waals surface area (Å²) in [5.74, 6) is -0.149. The molecule has 2 atom stereocenters. The van der Waals surface area contributed by atoms with E-state index < -0.39 is 0 Å². The van der Waals surface area contributed by atoms with Gasteiger partial charge in [-0.1, -0.05) is 36.6 Å². The molecule has 88 valence electrons. The normalized spacial score (nSPS) is 25.7. The van der Waals surface area contributed by atoms with Gasteiger partial charge in [0.05, 0.1) is 11.1 Å². The quantitative estimate of drug-likeness (QED) is 0.841. The fourth-order valence-electron chi connectivity index (χ4n) is 2.41. The maximum absolute atomic E-state index is 13.7. The first-order chi connectivity index (χ1) is 7.68. The second kappa shape index (κ2) is 5.15. The van der Waals surface area contributed by atoms with Crippen LogP contribution in [0.4, 0.5) is 4.39 Å². The van der Waals surface area contributed by atoms with Gasteiger partial charge in [0.25, 0.3) is 0 Å². The SMILES string of the molecule is OC1CCCCC1Cc1cccc(Cl)c1F. The Hall–Kier alpha value is -0.600. The molecule has 1 aromatic carbocycles. The van der Waals surface area contributed by atoms with Crippen LogP contribution in [0, 0.1) is 11.7 Å². The Bertz CT molecular complexity index is 367. The molecule has 0 aromatic heterocycles. The molecule has 2 rings (SSSR count). The lowest BCUT2D eigenvalue weighted by Crippen LogP contribution is -2.26. The summed E-state index contributed by atoms with van der Waals surface area (Å²) in [4.78, 5) is 0. The Morgan fingerprint density at radius 1 is 1.31 bits per heavy atom. The van der Waals surface area contributed by atoms with E-state index in [1.807, 2.05) is 0 Å². The molecule has 0 bridgehead atoms. The number of benzene rings is 1. The van der Waals surface area contributed by atoms with Gasteiger partial charge in [-0.25, -0.2) is 4.39 Å². The molecular weight excluding hydrogens is 227 g/mol. The molecule has 0 aliphatic heterocycles. The van der Waals surface area contributed by atoms with Gasteiger partial charge in [0, 0.05) is 0 Å². The van der Waals surface area contributed by atoms with Crippen LogP contribution in [0.3, 0.4) is 0 Å². The van der Waals surface area contributed by atoms with Gasteiger partial charge in [0.15, 0.2) is 0 Å². The molecule has 0 radical (unpaired) electrons. The minimum atomic E-state index is -0.332. The monoisotopic (exact) mass is 242 g/mol. The second-order valence-corrected chi connectivity index (χ2v) is 4.94. The number of hydrogen-bond donors (Lipinski definition) is 1. The Balaban J connectivity index is 2.10. The van der Waals surface area contributed by atoms with Gasteiger partial charge in [-0.3, -0.25) is 0 Å². The molecule has 0 saturated heterocycles. The first kappa shape index (κ1) is 11.9. The Morgan fingerprint density at radius 3 is 2.81 bits per heavy atom. The highest BCUT2D eigenvalue weighted by molar-refractivity contribution is 6.30. The van der Waals surface area contributed by atoms with Crippen LogP contribution in [0.15, 0.2) is 18.2 Å². The van der Waals surface area contributed by atoms with E-state index in [2.05, 4.69) is 0 Å². The molecule has 2 unspecified atom stereocenters. The van der Waals surface area contributed by atoms with Crippen molar-refractivity contribution >= 4 is 11.6 Å². The van der Waals surface area contributed by atoms with Crippen LogP contribution in [0.5, 0.6) is 0 Å². The summed E-state index contributed by atoms with van der Waals surface area (Å²) in [7, 11) is 0. The fraction of sp³-hybridized carbons (Fsp3) is 0.538. The molecule has 1 saturated carbocycles. The van der Waals surface area contributed by atoms with Crippen molar-refractivity contribution in [1.29, 1.82) is 0 Å². The van der Waals surface area contributed by atoms with Crippen LogP contribution in [0.2, 0.25) is 5.02 Å². The molecule has 1 N–H and O–H groups in total. The number of aliphatic hydroxyl groups excluding tert-OH is 1. The Kier molecular flexibility index (Phi) is 3.82. The van der Waals surface area contributed by atoms with Gasteiger partial charge in [-0.15, -0.1) is 0 Å². The van der Waals surface area contributed by atoms with Gasteiger partial charge in [-0.05, 0) is 36.8 Å². The van der Waals surface area contributed by atoms with Crippen molar-refractivity contribution in [3.63, 3.8) is 0 Å². The van der Waals surface area contributed by atoms with Gasteiger partial charge >= 0.3 is 0 Å². The van der Waals surface area contributed by atoms with Crippen molar-refractivity contribution in [2.75, 3.05) is 0 Å². The van der Waals surface area contributed by atoms with E-state index in [1.165, 1.54) is 0 Å². The first-order valence-electron chi connectivity index (χ1n) is 5.79. The summed E-state index contributed by atoms with van der Waals surface area (Å²) < 4.78 is 13.7. The summed E-state index contributed by atoms with van der Waals surface area (Å²) in [6, 6.07) is 5.07. The molecule has 0 heterocycles. The number of halogens is 2.